The molecule has 204 valence electrons. The Kier molecular flexibility index (Phi) is 9.90. The van der Waals surface area contributed by atoms with Crippen LogP contribution in [-0.2, 0) is 17.8 Å². The van der Waals surface area contributed by atoms with Crippen LogP contribution < -0.4 is 9.47 Å². The first-order valence-electron chi connectivity index (χ1n) is 13.3. The molecular formula is C32H38F2O4. The third-order valence-electron chi connectivity index (χ3n) is 7.24. The number of hydrogen-bond donors (Lipinski definition) is 1. The fourth-order valence-corrected chi connectivity index (χ4v) is 5.22. The normalized spacial score (nSPS) is 15.9. The smallest absolute Gasteiger partial charge is 0.303 e. The van der Waals surface area contributed by atoms with Crippen LogP contribution in [0, 0.1) is 17.0 Å². The highest BCUT2D eigenvalue weighted by molar-refractivity contribution is 5.71. The summed E-state index contributed by atoms with van der Waals surface area (Å²) in [7, 11) is 1.57. The van der Waals surface area contributed by atoms with Gasteiger partial charge in [-0.15, -0.1) is 0 Å². The number of ether oxygens (including phenoxy) is 2. The first kappa shape index (κ1) is 29.2. The summed E-state index contributed by atoms with van der Waals surface area (Å²) in [6, 6.07) is 15.2. The lowest BCUT2D eigenvalue weighted by atomic mass is 9.75. The summed E-state index contributed by atoms with van der Waals surface area (Å²) in [4.78, 5) is 10.9. The third kappa shape index (κ3) is 6.91. The molecular weight excluding hydrogens is 486 g/mol. The maximum absolute atomic E-state index is 15.0. The maximum atomic E-state index is 15.0. The van der Waals surface area contributed by atoms with Crippen molar-refractivity contribution in [2.75, 3.05) is 7.11 Å². The van der Waals surface area contributed by atoms with Gasteiger partial charge in [0, 0.05) is 12.0 Å². The molecule has 38 heavy (non-hydrogen) atoms. The van der Waals surface area contributed by atoms with Crippen molar-refractivity contribution in [1.82, 2.24) is 0 Å². The number of carboxylic acids is 1. The van der Waals surface area contributed by atoms with Gasteiger partial charge in [0.05, 0.1) is 7.11 Å². The zero-order valence-electron chi connectivity index (χ0n) is 22.9. The average Bonchev–Trinajstić information content (AvgIpc) is 3.27. The quantitative estimate of drug-likeness (QED) is 0.305. The van der Waals surface area contributed by atoms with Crippen LogP contribution in [0.4, 0.5) is 8.78 Å². The summed E-state index contributed by atoms with van der Waals surface area (Å²) >= 11 is 0. The molecule has 0 aromatic heterocycles. The molecule has 3 aromatic rings. The van der Waals surface area contributed by atoms with E-state index in [0.29, 0.717) is 22.6 Å². The van der Waals surface area contributed by atoms with E-state index in [0.717, 1.165) is 36.0 Å². The largest absolute Gasteiger partial charge is 0.497 e. The summed E-state index contributed by atoms with van der Waals surface area (Å²) in [5.41, 5.74) is 3.78. The van der Waals surface area contributed by atoms with Gasteiger partial charge in [-0.2, -0.15) is 0 Å². The molecule has 0 amide bonds. The van der Waals surface area contributed by atoms with Gasteiger partial charge in [0.1, 0.15) is 29.7 Å². The molecule has 1 aliphatic rings. The second kappa shape index (κ2) is 12.9. The Morgan fingerprint density at radius 2 is 1.68 bits per heavy atom. The number of rotatable bonds is 9. The average molecular weight is 525 g/mol. The van der Waals surface area contributed by atoms with Crippen molar-refractivity contribution in [2.24, 2.45) is 5.41 Å². The molecule has 4 rings (SSSR count). The molecule has 1 saturated carbocycles. The van der Waals surface area contributed by atoms with E-state index in [4.69, 9.17) is 14.6 Å². The van der Waals surface area contributed by atoms with E-state index in [1.807, 2.05) is 26.0 Å². The van der Waals surface area contributed by atoms with E-state index in [-0.39, 0.29) is 36.6 Å². The lowest BCUT2D eigenvalue weighted by molar-refractivity contribution is -0.136. The van der Waals surface area contributed by atoms with Crippen LogP contribution >= 0.6 is 0 Å². The fourth-order valence-electron chi connectivity index (χ4n) is 5.22. The minimum absolute atomic E-state index is 0.0829. The predicted octanol–water partition coefficient (Wildman–Crippen LogP) is 8.56. The van der Waals surface area contributed by atoms with Crippen LogP contribution in [0.5, 0.6) is 11.5 Å². The van der Waals surface area contributed by atoms with E-state index < -0.39 is 11.8 Å². The summed E-state index contributed by atoms with van der Waals surface area (Å²) in [6.07, 6.45) is 3.20. The minimum atomic E-state index is -0.976. The molecule has 0 bridgehead atoms. The lowest BCUT2D eigenvalue weighted by Gasteiger charge is -2.30. The second-order valence-corrected chi connectivity index (χ2v) is 10.1. The molecule has 4 nitrogen and oxygen atoms in total. The highest BCUT2D eigenvalue weighted by atomic mass is 19.1. The predicted molar refractivity (Wildman–Crippen MR) is 147 cm³/mol. The van der Waals surface area contributed by atoms with Gasteiger partial charge in [-0.3, -0.25) is 4.79 Å². The third-order valence-corrected chi connectivity index (χ3v) is 7.24. The van der Waals surface area contributed by atoms with Gasteiger partial charge >= 0.3 is 5.97 Å². The summed E-state index contributed by atoms with van der Waals surface area (Å²) in [5, 5.41) is 8.91. The van der Waals surface area contributed by atoms with Crippen LogP contribution in [-0.4, -0.2) is 18.2 Å². The van der Waals surface area contributed by atoms with Crippen molar-refractivity contribution in [3.8, 4) is 22.6 Å². The number of aliphatic carboxylic acids is 1. The molecule has 0 radical (unpaired) electrons. The van der Waals surface area contributed by atoms with Gasteiger partial charge in [-0.1, -0.05) is 52.3 Å². The first-order chi connectivity index (χ1) is 18.2. The molecule has 1 aliphatic carbocycles. The Bertz CT molecular complexity index is 1250. The molecule has 0 spiro atoms. The van der Waals surface area contributed by atoms with Crippen molar-refractivity contribution in [3.05, 3.63) is 82.9 Å². The zero-order chi connectivity index (χ0) is 27.9. The van der Waals surface area contributed by atoms with Crippen LogP contribution in [0.15, 0.2) is 54.6 Å². The molecule has 1 unspecified atom stereocenters. The number of benzene rings is 3. The van der Waals surface area contributed by atoms with Gasteiger partial charge in [-0.05, 0) is 89.2 Å². The van der Waals surface area contributed by atoms with Crippen molar-refractivity contribution < 1.29 is 28.2 Å². The van der Waals surface area contributed by atoms with Gasteiger partial charge in [-0.25, -0.2) is 8.78 Å². The number of carbonyl (C=O) groups is 1. The highest BCUT2D eigenvalue weighted by Crippen LogP contribution is 2.51. The molecule has 1 fully saturated rings. The molecule has 6 heteroatoms. The van der Waals surface area contributed by atoms with Crippen LogP contribution in [0.25, 0.3) is 11.1 Å². The minimum Gasteiger partial charge on any atom is -0.497 e. The summed E-state index contributed by atoms with van der Waals surface area (Å²) < 4.78 is 40.4. The maximum Gasteiger partial charge on any atom is 0.303 e. The van der Waals surface area contributed by atoms with Crippen LogP contribution in [0.1, 0.15) is 76.0 Å². The van der Waals surface area contributed by atoms with E-state index in [1.54, 1.807) is 31.4 Å². The van der Waals surface area contributed by atoms with Gasteiger partial charge < -0.3 is 14.6 Å². The molecule has 0 aliphatic heterocycles. The zero-order valence-corrected chi connectivity index (χ0v) is 22.9. The Balaban J connectivity index is 0.00000195. The Labute approximate surface area is 224 Å². The van der Waals surface area contributed by atoms with E-state index in [2.05, 4.69) is 19.9 Å². The lowest BCUT2D eigenvalue weighted by Crippen LogP contribution is -2.17. The van der Waals surface area contributed by atoms with E-state index >= 15 is 0 Å². The SMILES string of the molecule is CC.COc1ccc(F)c(-c2ccc(COc3ccc(F)c(CCC(=O)O)c3)cc2C2CCCC2(C)C)c1. The topological polar surface area (TPSA) is 55.8 Å². The molecule has 1 N–H and O–H groups in total. The second-order valence-electron chi connectivity index (χ2n) is 10.1. The first-order valence-corrected chi connectivity index (χ1v) is 13.3. The fraction of sp³-hybridized carbons (Fsp3) is 0.406. The van der Waals surface area contributed by atoms with Crippen LogP contribution in [0.3, 0.4) is 0 Å². The number of aryl methyl sites for hydroxylation is 1. The summed E-state index contributed by atoms with van der Waals surface area (Å²) in [5.74, 6) is -0.369. The monoisotopic (exact) mass is 524 g/mol. The standard InChI is InChI=1S/C30H32F2O4.C2H6/c1-30(2)14-4-5-26(30)24-15-19(6-10-23(24)25-17-21(35-3)8-12-28(25)32)18-36-22-9-11-27(31)20(16-22)7-13-29(33)34;1-2/h6,8-12,15-17,26H,4-5,7,13-14,18H2,1-3H3,(H,33,34);1-2H3. The number of hydrogen-bond acceptors (Lipinski definition) is 3. The van der Waals surface area contributed by atoms with Crippen molar-refractivity contribution in [3.63, 3.8) is 0 Å². The number of methoxy groups -OCH3 is 1. The Morgan fingerprint density at radius 3 is 2.34 bits per heavy atom. The Morgan fingerprint density at radius 1 is 0.974 bits per heavy atom. The van der Waals surface area contributed by atoms with E-state index in [9.17, 15) is 13.6 Å². The van der Waals surface area contributed by atoms with Crippen molar-refractivity contribution in [2.45, 2.75) is 72.3 Å². The van der Waals surface area contributed by atoms with Crippen molar-refractivity contribution >= 4 is 5.97 Å². The van der Waals surface area contributed by atoms with Gasteiger partial charge in [0.2, 0.25) is 0 Å². The van der Waals surface area contributed by atoms with Crippen LogP contribution in [0.2, 0.25) is 0 Å². The Hall–Kier alpha value is -3.41. The summed E-state index contributed by atoms with van der Waals surface area (Å²) in [6.45, 7) is 8.78. The van der Waals surface area contributed by atoms with E-state index in [1.165, 1.54) is 12.1 Å². The number of carboxylic acid groups (broad SMARTS) is 1. The number of halogens is 2. The highest BCUT2D eigenvalue weighted by Gasteiger charge is 2.37. The van der Waals surface area contributed by atoms with Gasteiger partial charge in [0.15, 0.2) is 0 Å². The molecule has 3 aromatic carbocycles. The molecule has 0 saturated heterocycles. The van der Waals surface area contributed by atoms with Gasteiger partial charge in [0.25, 0.3) is 0 Å². The van der Waals surface area contributed by atoms with Crippen molar-refractivity contribution in [1.29, 1.82) is 0 Å². The molecule has 1 atom stereocenters. The molecule has 0 heterocycles.